The fraction of sp³-hybridized carbons (Fsp3) is 0.227. The van der Waals surface area contributed by atoms with Gasteiger partial charge in [0.05, 0.1) is 17.6 Å². The average molecular weight is 378 g/mol. The Labute approximate surface area is 162 Å². The van der Waals surface area contributed by atoms with Crippen molar-refractivity contribution in [2.24, 2.45) is 0 Å². The molecule has 1 fully saturated rings. The molecule has 1 aliphatic heterocycles. The quantitative estimate of drug-likeness (QED) is 0.700. The van der Waals surface area contributed by atoms with E-state index in [9.17, 15) is 9.35 Å². The predicted molar refractivity (Wildman–Crippen MR) is 109 cm³/mol. The second-order valence-corrected chi connectivity index (χ2v) is 8.32. The van der Waals surface area contributed by atoms with E-state index >= 15 is 0 Å². The van der Waals surface area contributed by atoms with E-state index < -0.39 is 11.4 Å². The Morgan fingerprint density at radius 1 is 0.889 bits per heavy atom. The van der Waals surface area contributed by atoms with Crippen molar-refractivity contribution in [2.45, 2.75) is 23.7 Å². The topological polar surface area (TPSA) is 59.2 Å². The number of nitrogens with zero attached hydrogens (tertiary/aromatic N) is 1. The first kappa shape index (κ1) is 18.0. The van der Waals surface area contributed by atoms with Gasteiger partial charge < -0.3 is 9.54 Å². The van der Waals surface area contributed by atoms with Gasteiger partial charge in [0.2, 0.25) is 5.56 Å². The summed E-state index contributed by atoms with van der Waals surface area (Å²) in [4.78, 5) is 14.4. The number of pyridine rings is 1. The van der Waals surface area contributed by atoms with E-state index in [-0.39, 0.29) is 5.56 Å². The summed E-state index contributed by atoms with van der Waals surface area (Å²) in [5, 5.41) is 0. The molecule has 2 aromatic carbocycles. The normalized spacial score (nSPS) is 16.9. The minimum atomic E-state index is -1.21. The second kappa shape index (κ2) is 8.13. The highest BCUT2D eigenvalue weighted by molar-refractivity contribution is 7.89. The maximum absolute atomic E-state index is 12.7. The molecule has 3 aromatic rings. The molecule has 2 heterocycles. The highest BCUT2D eigenvalue weighted by Gasteiger charge is 2.29. The van der Waals surface area contributed by atoms with Crippen LogP contribution >= 0.6 is 0 Å². The molecule has 0 amide bonds. The van der Waals surface area contributed by atoms with E-state index in [0.717, 1.165) is 25.9 Å². The van der Waals surface area contributed by atoms with Crippen LogP contribution in [-0.4, -0.2) is 26.9 Å². The summed E-state index contributed by atoms with van der Waals surface area (Å²) >= 11 is -1.21. The molecule has 1 aromatic heterocycles. The zero-order chi connectivity index (χ0) is 18.6. The van der Waals surface area contributed by atoms with Gasteiger partial charge in [0.25, 0.3) is 0 Å². The lowest BCUT2D eigenvalue weighted by Crippen LogP contribution is -2.38. The zero-order valence-corrected chi connectivity index (χ0v) is 15.8. The predicted octanol–water partition coefficient (Wildman–Crippen LogP) is 3.94. The van der Waals surface area contributed by atoms with Crippen LogP contribution in [0.2, 0.25) is 0 Å². The first-order valence-corrected chi connectivity index (χ1v) is 10.3. The smallest absolute Gasteiger partial charge is 0.248 e. The number of benzene rings is 2. The van der Waals surface area contributed by atoms with Crippen molar-refractivity contribution in [1.29, 1.82) is 0 Å². The van der Waals surface area contributed by atoms with Crippen LogP contribution < -0.4 is 5.56 Å². The van der Waals surface area contributed by atoms with Crippen LogP contribution in [0.3, 0.4) is 0 Å². The third kappa shape index (κ3) is 4.16. The van der Waals surface area contributed by atoms with Crippen molar-refractivity contribution in [1.82, 2.24) is 9.29 Å². The number of hydrogen-bond acceptors (Lipinski definition) is 3. The van der Waals surface area contributed by atoms with Gasteiger partial charge in [-0.15, -0.1) is 4.31 Å². The number of aromatic amines is 1. The van der Waals surface area contributed by atoms with Crippen LogP contribution in [0.15, 0.2) is 82.6 Å². The minimum absolute atomic E-state index is 0.173. The molecule has 0 radical (unpaired) electrons. The number of piperidine rings is 1. The van der Waals surface area contributed by atoms with Crippen molar-refractivity contribution in [3.63, 3.8) is 0 Å². The second-order valence-electron chi connectivity index (χ2n) is 6.83. The summed E-state index contributed by atoms with van der Waals surface area (Å²) in [6.07, 6.45) is 3.52. The lowest BCUT2D eigenvalue weighted by atomic mass is 9.89. The van der Waals surface area contributed by atoms with Gasteiger partial charge >= 0.3 is 0 Å². The standard InChI is InChI=1S/C22H22N2O2S/c25-22-11-10-21(16-23-22)27(26)24-14-12-20(13-15-24)19-8-6-18(7-9-19)17-4-2-1-3-5-17/h1-11,16,20H,12-15H2,(H,23,25). The molecule has 138 valence electrons. The maximum Gasteiger partial charge on any atom is 0.248 e. The van der Waals surface area contributed by atoms with Crippen LogP contribution in [-0.2, 0) is 11.4 Å². The molecule has 4 nitrogen and oxygen atoms in total. The van der Waals surface area contributed by atoms with E-state index in [2.05, 4.69) is 53.5 Å². The molecule has 0 bridgehead atoms. The summed E-state index contributed by atoms with van der Waals surface area (Å²) in [7, 11) is 0. The largest absolute Gasteiger partial charge is 0.593 e. The molecule has 0 aliphatic carbocycles. The molecular formula is C22H22N2O2S. The van der Waals surface area contributed by atoms with Crippen molar-refractivity contribution in [3.8, 4) is 11.1 Å². The molecule has 27 heavy (non-hydrogen) atoms. The Balaban J connectivity index is 1.39. The highest BCUT2D eigenvalue weighted by Crippen LogP contribution is 2.31. The molecule has 5 heteroatoms. The van der Waals surface area contributed by atoms with Crippen molar-refractivity contribution in [3.05, 3.63) is 88.8 Å². The molecule has 1 saturated heterocycles. The molecule has 1 atom stereocenters. The van der Waals surface area contributed by atoms with Crippen LogP contribution in [0.4, 0.5) is 0 Å². The SMILES string of the molecule is O=c1ccc([S+]([O-])N2CCC(c3ccc(-c4ccccc4)cc3)CC2)c[nH]1. The maximum atomic E-state index is 12.7. The minimum Gasteiger partial charge on any atom is -0.593 e. The number of nitrogens with one attached hydrogen (secondary N) is 1. The van der Waals surface area contributed by atoms with Crippen molar-refractivity contribution >= 4 is 11.4 Å². The average Bonchev–Trinajstić information content (AvgIpc) is 2.75. The zero-order valence-electron chi connectivity index (χ0n) is 15.0. The van der Waals surface area contributed by atoms with Gasteiger partial charge in [-0.05, 0) is 35.4 Å². The summed E-state index contributed by atoms with van der Waals surface area (Å²) in [5.74, 6) is 0.499. The van der Waals surface area contributed by atoms with Gasteiger partial charge in [0.1, 0.15) is 0 Å². The summed E-state index contributed by atoms with van der Waals surface area (Å²) in [6, 6.07) is 22.3. The molecule has 4 rings (SSSR count). The Bertz CT molecular complexity index is 912. The molecule has 0 spiro atoms. The molecule has 0 saturated carbocycles. The molecule has 1 N–H and O–H groups in total. The molecule has 1 aliphatic rings. The Morgan fingerprint density at radius 2 is 1.56 bits per heavy atom. The fourth-order valence-electron chi connectivity index (χ4n) is 3.59. The van der Waals surface area contributed by atoms with Crippen LogP contribution in [0.1, 0.15) is 24.3 Å². The Morgan fingerprint density at radius 3 is 2.19 bits per heavy atom. The lowest BCUT2D eigenvalue weighted by Gasteiger charge is -2.31. The van der Waals surface area contributed by atoms with E-state index in [1.807, 2.05) is 10.4 Å². The van der Waals surface area contributed by atoms with Gasteiger partial charge in [-0.3, -0.25) is 4.79 Å². The van der Waals surface area contributed by atoms with Crippen LogP contribution in [0.5, 0.6) is 0 Å². The summed E-state index contributed by atoms with van der Waals surface area (Å²) in [6.45, 7) is 1.58. The first-order chi connectivity index (χ1) is 13.2. The Hall–Kier alpha value is -2.34. The van der Waals surface area contributed by atoms with Gasteiger partial charge in [-0.2, -0.15) is 0 Å². The number of hydrogen-bond donors (Lipinski definition) is 1. The highest BCUT2D eigenvalue weighted by atomic mass is 32.2. The number of H-pyrrole nitrogens is 1. The van der Waals surface area contributed by atoms with Crippen molar-refractivity contribution in [2.75, 3.05) is 13.1 Å². The van der Waals surface area contributed by atoms with Crippen LogP contribution in [0.25, 0.3) is 11.1 Å². The van der Waals surface area contributed by atoms with Gasteiger partial charge in [-0.25, -0.2) is 0 Å². The lowest BCUT2D eigenvalue weighted by molar-refractivity contribution is 0.319. The van der Waals surface area contributed by atoms with E-state index in [1.165, 1.54) is 22.8 Å². The third-order valence-corrected chi connectivity index (χ3v) is 6.63. The number of rotatable bonds is 4. The van der Waals surface area contributed by atoms with Gasteiger partial charge in [-0.1, -0.05) is 54.6 Å². The van der Waals surface area contributed by atoms with Crippen molar-refractivity contribution < 1.29 is 4.55 Å². The summed E-state index contributed by atoms with van der Waals surface area (Å²) < 4.78 is 14.7. The third-order valence-electron chi connectivity index (χ3n) is 5.13. The van der Waals surface area contributed by atoms with Gasteiger partial charge in [0, 0.05) is 25.2 Å². The first-order valence-electron chi connectivity index (χ1n) is 9.22. The Kier molecular flexibility index (Phi) is 5.43. The van der Waals surface area contributed by atoms with E-state index in [4.69, 9.17) is 0 Å². The summed E-state index contributed by atoms with van der Waals surface area (Å²) in [5.41, 5.74) is 3.64. The van der Waals surface area contributed by atoms with E-state index in [1.54, 1.807) is 12.3 Å². The van der Waals surface area contributed by atoms with Gasteiger partial charge in [0.15, 0.2) is 4.90 Å². The van der Waals surface area contributed by atoms with E-state index in [0.29, 0.717) is 10.8 Å². The number of aromatic nitrogens is 1. The monoisotopic (exact) mass is 378 g/mol. The molecule has 1 unspecified atom stereocenters. The fourth-order valence-corrected chi connectivity index (χ4v) is 4.77. The van der Waals surface area contributed by atoms with Crippen LogP contribution in [0, 0.1) is 0 Å². The molecular weight excluding hydrogens is 356 g/mol.